The summed E-state index contributed by atoms with van der Waals surface area (Å²) < 4.78 is 0. The van der Waals surface area contributed by atoms with E-state index in [2.05, 4.69) is 88.0 Å². The Morgan fingerprint density at radius 1 is 0.625 bits per heavy atom. The monoisotopic (exact) mass is 320 g/mol. The van der Waals surface area contributed by atoms with Gasteiger partial charge in [-0.05, 0) is 39.8 Å². The summed E-state index contributed by atoms with van der Waals surface area (Å²) in [5.74, 6) is 0. The summed E-state index contributed by atoms with van der Waals surface area (Å²) in [5.41, 5.74) is 5.31. The predicted molar refractivity (Wildman–Crippen MR) is 109 cm³/mol. The molecule has 0 atom stereocenters. The number of anilines is 2. The van der Waals surface area contributed by atoms with Crippen molar-refractivity contribution in [2.24, 2.45) is 0 Å². The Morgan fingerprint density at radius 2 is 1.00 bits per heavy atom. The lowest BCUT2D eigenvalue weighted by Gasteiger charge is -2.28. The molecule has 0 N–H and O–H groups in total. The first-order valence-corrected chi connectivity index (χ1v) is 8.86. The Labute approximate surface area is 145 Å². The van der Waals surface area contributed by atoms with Crippen molar-refractivity contribution in [1.29, 1.82) is 0 Å². The standard InChI is InChI=1S/C22H28N2/c1-7-23(5)21-17-11-9-16(4)14-20(17)22(24(6)8-2)18-12-10-15(3)13-19(18)21/h9-14H,7-8H2,1-6H3. The molecule has 0 heterocycles. The van der Waals surface area contributed by atoms with Gasteiger partial charge in [-0.15, -0.1) is 0 Å². The van der Waals surface area contributed by atoms with Crippen molar-refractivity contribution < 1.29 is 0 Å². The molecule has 0 radical (unpaired) electrons. The molecule has 0 fully saturated rings. The van der Waals surface area contributed by atoms with Gasteiger partial charge in [0.05, 0.1) is 11.4 Å². The Kier molecular flexibility index (Phi) is 4.40. The molecule has 0 aliphatic carbocycles. The molecule has 2 nitrogen and oxygen atoms in total. The van der Waals surface area contributed by atoms with E-state index >= 15 is 0 Å². The van der Waals surface area contributed by atoms with Gasteiger partial charge in [-0.1, -0.05) is 35.4 Å². The maximum absolute atomic E-state index is 2.37. The first-order chi connectivity index (χ1) is 11.5. The van der Waals surface area contributed by atoms with E-state index in [0.29, 0.717) is 0 Å². The zero-order valence-corrected chi connectivity index (χ0v) is 15.8. The molecule has 3 aromatic carbocycles. The van der Waals surface area contributed by atoms with Crippen LogP contribution in [-0.4, -0.2) is 27.2 Å². The molecule has 0 saturated carbocycles. The molecule has 0 aromatic heterocycles. The van der Waals surface area contributed by atoms with Crippen molar-refractivity contribution in [3.8, 4) is 0 Å². The Hall–Kier alpha value is -2.22. The summed E-state index contributed by atoms with van der Waals surface area (Å²) in [6.07, 6.45) is 0. The highest BCUT2D eigenvalue weighted by Crippen LogP contribution is 2.43. The predicted octanol–water partition coefficient (Wildman–Crippen LogP) is 5.52. The normalized spacial score (nSPS) is 11.2. The maximum atomic E-state index is 2.37. The molecule has 0 amide bonds. The Balaban J connectivity index is 2.58. The average molecular weight is 320 g/mol. The zero-order chi connectivity index (χ0) is 17.4. The molecular weight excluding hydrogens is 292 g/mol. The van der Waals surface area contributed by atoms with Gasteiger partial charge in [0, 0.05) is 48.7 Å². The molecule has 2 heteroatoms. The molecule has 0 bridgehead atoms. The summed E-state index contributed by atoms with van der Waals surface area (Å²) in [7, 11) is 4.39. The second-order valence-electron chi connectivity index (χ2n) is 6.82. The third kappa shape index (κ3) is 2.60. The first-order valence-electron chi connectivity index (χ1n) is 8.86. The van der Waals surface area contributed by atoms with Crippen LogP contribution in [-0.2, 0) is 0 Å². The third-order valence-corrected chi connectivity index (χ3v) is 5.08. The summed E-state index contributed by atoms with van der Waals surface area (Å²) >= 11 is 0. The molecule has 3 rings (SSSR count). The quantitative estimate of drug-likeness (QED) is 0.461. The SMILES string of the molecule is CCN(C)c1c2ccc(C)cc2c(N(C)CC)c2ccc(C)cc12. The van der Waals surface area contributed by atoms with Crippen LogP contribution in [0.5, 0.6) is 0 Å². The largest absolute Gasteiger partial charge is 0.374 e. The van der Waals surface area contributed by atoms with Gasteiger partial charge in [0.1, 0.15) is 0 Å². The number of aryl methyl sites for hydroxylation is 2. The minimum atomic E-state index is 0.995. The van der Waals surface area contributed by atoms with Gasteiger partial charge in [-0.3, -0.25) is 0 Å². The third-order valence-electron chi connectivity index (χ3n) is 5.08. The fourth-order valence-electron chi connectivity index (χ4n) is 3.55. The molecule has 126 valence electrons. The van der Waals surface area contributed by atoms with Crippen molar-refractivity contribution in [2.75, 3.05) is 37.0 Å². The van der Waals surface area contributed by atoms with E-state index in [0.717, 1.165) is 13.1 Å². The number of nitrogens with zero attached hydrogens (tertiary/aromatic N) is 2. The lowest BCUT2D eigenvalue weighted by Crippen LogP contribution is -2.19. The second-order valence-corrected chi connectivity index (χ2v) is 6.82. The first kappa shape index (κ1) is 16.6. The lowest BCUT2D eigenvalue weighted by atomic mass is 9.94. The summed E-state index contributed by atoms with van der Waals surface area (Å²) in [6.45, 7) is 10.8. The van der Waals surface area contributed by atoms with Crippen LogP contribution in [0.25, 0.3) is 21.5 Å². The number of hydrogen-bond acceptors (Lipinski definition) is 2. The van der Waals surface area contributed by atoms with E-state index in [1.165, 1.54) is 44.0 Å². The number of benzene rings is 3. The van der Waals surface area contributed by atoms with Crippen molar-refractivity contribution >= 4 is 32.9 Å². The fourth-order valence-corrected chi connectivity index (χ4v) is 3.55. The number of fused-ring (bicyclic) bond motifs is 2. The van der Waals surface area contributed by atoms with Gasteiger partial charge in [0.25, 0.3) is 0 Å². The van der Waals surface area contributed by atoms with Crippen molar-refractivity contribution in [2.45, 2.75) is 27.7 Å². The lowest BCUT2D eigenvalue weighted by molar-refractivity contribution is 0.972. The van der Waals surface area contributed by atoms with E-state index in [1.807, 2.05) is 0 Å². The summed E-state index contributed by atoms with van der Waals surface area (Å²) in [6, 6.07) is 13.7. The summed E-state index contributed by atoms with van der Waals surface area (Å²) in [4.78, 5) is 4.74. The van der Waals surface area contributed by atoms with Gasteiger partial charge >= 0.3 is 0 Å². The van der Waals surface area contributed by atoms with Crippen LogP contribution in [0.3, 0.4) is 0 Å². The van der Waals surface area contributed by atoms with Gasteiger partial charge in [-0.25, -0.2) is 0 Å². The van der Waals surface area contributed by atoms with Crippen LogP contribution < -0.4 is 9.80 Å². The van der Waals surface area contributed by atoms with Crippen molar-refractivity contribution in [3.05, 3.63) is 47.5 Å². The van der Waals surface area contributed by atoms with Crippen molar-refractivity contribution in [1.82, 2.24) is 0 Å². The minimum Gasteiger partial charge on any atom is -0.374 e. The van der Waals surface area contributed by atoms with E-state index in [4.69, 9.17) is 0 Å². The van der Waals surface area contributed by atoms with Crippen LogP contribution in [0.4, 0.5) is 11.4 Å². The van der Waals surface area contributed by atoms with Crippen LogP contribution in [0.2, 0.25) is 0 Å². The van der Waals surface area contributed by atoms with Gasteiger partial charge in [0.2, 0.25) is 0 Å². The highest BCUT2D eigenvalue weighted by Gasteiger charge is 2.18. The highest BCUT2D eigenvalue weighted by atomic mass is 15.1. The molecule has 0 aliphatic heterocycles. The number of rotatable bonds is 4. The van der Waals surface area contributed by atoms with Crippen LogP contribution in [0.15, 0.2) is 36.4 Å². The van der Waals surface area contributed by atoms with Crippen LogP contribution >= 0.6 is 0 Å². The van der Waals surface area contributed by atoms with E-state index < -0.39 is 0 Å². The topological polar surface area (TPSA) is 6.48 Å². The van der Waals surface area contributed by atoms with E-state index in [-0.39, 0.29) is 0 Å². The second kappa shape index (κ2) is 6.35. The highest BCUT2D eigenvalue weighted by molar-refractivity contribution is 6.20. The molecule has 0 spiro atoms. The molecular formula is C22H28N2. The fraction of sp³-hybridized carbons (Fsp3) is 0.364. The van der Waals surface area contributed by atoms with Gasteiger partial charge < -0.3 is 9.80 Å². The van der Waals surface area contributed by atoms with E-state index in [9.17, 15) is 0 Å². The van der Waals surface area contributed by atoms with Gasteiger partial charge in [-0.2, -0.15) is 0 Å². The Bertz CT molecular complexity index is 820. The minimum absolute atomic E-state index is 0.995. The molecule has 0 aliphatic rings. The molecule has 0 unspecified atom stereocenters. The average Bonchev–Trinajstić information content (AvgIpc) is 2.58. The van der Waals surface area contributed by atoms with Crippen molar-refractivity contribution in [3.63, 3.8) is 0 Å². The Morgan fingerprint density at radius 3 is 1.33 bits per heavy atom. The summed E-state index contributed by atoms with van der Waals surface area (Å²) in [5, 5.41) is 5.40. The van der Waals surface area contributed by atoms with E-state index in [1.54, 1.807) is 0 Å². The van der Waals surface area contributed by atoms with Gasteiger partial charge in [0.15, 0.2) is 0 Å². The number of hydrogen-bond donors (Lipinski definition) is 0. The smallest absolute Gasteiger partial charge is 0.0524 e. The molecule has 0 saturated heterocycles. The van der Waals surface area contributed by atoms with Crippen LogP contribution in [0, 0.1) is 13.8 Å². The maximum Gasteiger partial charge on any atom is 0.0524 e. The molecule has 3 aromatic rings. The molecule has 24 heavy (non-hydrogen) atoms. The van der Waals surface area contributed by atoms with Crippen LogP contribution in [0.1, 0.15) is 25.0 Å². The zero-order valence-electron chi connectivity index (χ0n) is 15.8.